The number of aromatic nitrogens is 2. The molecule has 0 aliphatic heterocycles. The molecule has 0 amide bonds. The molecule has 1 aromatic heterocycles. The largest absolute Gasteiger partial charge is 0.511 e. The zero-order valence-corrected chi connectivity index (χ0v) is 12.5. The predicted molar refractivity (Wildman–Crippen MR) is 83.6 cm³/mol. The van der Waals surface area contributed by atoms with E-state index in [2.05, 4.69) is 20.5 Å². The molecule has 2 aliphatic rings. The summed E-state index contributed by atoms with van der Waals surface area (Å²) >= 11 is 0. The highest BCUT2D eigenvalue weighted by Crippen LogP contribution is 2.47. The normalized spacial score (nSPS) is 21.5. The quantitative estimate of drug-likeness (QED) is 0.662. The van der Waals surface area contributed by atoms with Gasteiger partial charge >= 0.3 is 0 Å². The van der Waals surface area contributed by atoms with E-state index in [0.717, 1.165) is 25.7 Å². The molecule has 1 heterocycles. The SMILES string of the molecule is O=C1CC2(CCCCC2)CC(O)=C1C=NNc1ncccn1. The lowest BCUT2D eigenvalue weighted by Crippen LogP contribution is -2.33. The number of Topliss-reactive ketones (excluding diaryl/α,β-unsaturated/α-hetero) is 1. The fourth-order valence-electron chi connectivity index (χ4n) is 3.42. The van der Waals surface area contributed by atoms with Gasteiger partial charge in [0.2, 0.25) is 5.95 Å². The molecule has 1 saturated carbocycles. The summed E-state index contributed by atoms with van der Waals surface area (Å²) in [5, 5.41) is 14.2. The molecular formula is C16H20N4O2. The van der Waals surface area contributed by atoms with Crippen molar-refractivity contribution >= 4 is 17.9 Å². The molecule has 6 nitrogen and oxygen atoms in total. The van der Waals surface area contributed by atoms with Crippen LogP contribution in [0, 0.1) is 5.41 Å². The van der Waals surface area contributed by atoms with Gasteiger partial charge in [-0.05, 0) is 24.3 Å². The van der Waals surface area contributed by atoms with E-state index in [9.17, 15) is 9.90 Å². The number of hydrogen-bond donors (Lipinski definition) is 2. The van der Waals surface area contributed by atoms with E-state index in [0.29, 0.717) is 24.4 Å². The summed E-state index contributed by atoms with van der Waals surface area (Å²) in [6.45, 7) is 0. The van der Waals surface area contributed by atoms with Crippen molar-refractivity contribution in [2.24, 2.45) is 10.5 Å². The number of hydrogen-bond acceptors (Lipinski definition) is 6. The monoisotopic (exact) mass is 300 g/mol. The van der Waals surface area contributed by atoms with E-state index >= 15 is 0 Å². The molecule has 1 fully saturated rings. The van der Waals surface area contributed by atoms with Gasteiger partial charge in [-0.2, -0.15) is 5.10 Å². The highest BCUT2D eigenvalue weighted by molar-refractivity contribution is 6.14. The number of rotatable bonds is 3. The van der Waals surface area contributed by atoms with E-state index in [1.165, 1.54) is 12.6 Å². The maximum atomic E-state index is 12.4. The van der Waals surface area contributed by atoms with Crippen LogP contribution >= 0.6 is 0 Å². The third-order valence-corrected chi connectivity index (χ3v) is 4.53. The Morgan fingerprint density at radius 3 is 2.59 bits per heavy atom. The molecule has 116 valence electrons. The second kappa shape index (κ2) is 6.25. The lowest BCUT2D eigenvalue weighted by atomic mass is 9.65. The van der Waals surface area contributed by atoms with Crippen LogP contribution in [0.3, 0.4) is 0 Å². The summed E-state index contributed by atoms with van der Waals surface area (Å²) in [5.74, 6) is 0.494. The lowest BCUT2D eigenvalue weighted by molar-refractivity contribution is -0.119. The van der Waals surface area contributed by atoms with E-state index in [1.807, 2.05) is 0 Å². The molecule has 2 aliphatic carbocycles. The fraction of sp³-hybridized carbons (Fsp3) is 0.500. The minimum absolute atomic E-state index is 0.0211. The van der Waals surface area contributed by atoms with Crippen molar-refractivity contribution in [2.75, 3.05) is 5.43 Å². The molecule has 2 N–H and O–H groups in total. The van der Waals surface area contributed by atoms with Gasteiger partial charge in [0.05, 0.1) is 11.8 Å². The van der Waals surface area contributed by atoms with E-state index in [4.69, 9.17) is 0 Å². The first-order valence-electron chi connectivity index (χ1n) is 7.70. The Morgan fingerprint density at radius 1 is 1.18 bits per heavy atom. The first kappa shape index (κ1) is 14.7. The molecule has 22 heavy (non-hydrogen) atoms. The van der Waals surface area contributed by atoms with Crippen LogP contribution in [0.4, 0.5) is 5.95 Å². The number of nitrogens with one attached hydrogen (secondary N) is 1. The number of carbonyl (C=O) groups excluding carboxylic acids is 1. The molecular weight excluding hydrogens is 280 g/mol. The third-order valence-electron chi connectivity index (χ3n) is 4.53. The van der Waals surface area contributed by atoms with Gasteiger partial charge in [0, 0.05) is 25.2 Å². The molecule has 1 spiro atoms. The van der Waals surface area contributed by atoms with Crippen molar-refractivity contribution in [3.63, 3.8) is 0 Å². The predicted octanol–water partition coefficient (Wildman–Crippen LogP) is 3.00. The van der Waals surface area contributed by atoms with Gasteiger partial charge in [-0.25, -0.2) is 15.4 Å². The highest BCUT2D eigenvalue weighted by Gasteiger charge is 2.40. The van der Waals surface area contributed by atoms with Crippen molar-refractivity contribution in [2.45, 2.75) is 44.9 Å². The van der Waals surface area contributed by atoms with Gasteiger partial charge in [0.25, 0.3) is 0 Å². The van der Waals surface area contributed by atoms with Gasteiger partial charge in [0.15, 0.2) is 5.78 Å². The second-order valence-electron chi connectivity index (χ2n) is 6.14. The first-order valence-corrected chi connectivity index (χ1v) is 7.70. The lowest BCUT2D eigenvalue weighted by Gasteiger charge is -2.39. The molecule has 6 heteroatoms. The number of aliphatic hydroxyl groups is 1. The highest BCUT2D eigenvalue weighted by atomic mass is 16.3. The summed E-state index contributed by atoms with van der Waals surface area (Å²) < 4.78 is 0. The van der Waals surface area contributed by atoms with E-state index in [1.54, 1.807) is 18.5 Å². The van der Waals surface area contributed by atoms with Crippen molar-refractivity contribution < 1.29 is 9.90 Å². The van der Waals surface area contributed by atoms with E-state index in [-0.39, 0.29) is 17.0 Å². The van der Waals surface area contributed by atoms with Crippen LogP contribution < -0.4 is 5.43 Å². The maximum Gasteiger partial charge on any atom is 0.243 e. The van der Waals surface area contributed by atoms with Gasteiger partial charge in [-0.1, -0.05) is 19.3 Å². The summed E-state index contributed by atoms with van der Waals surface area (Å²) in [6.07, 6.45) is 11.3. The number of nitrogens with zero attached hydrogens (tertiary/aromatic N) is 3. The Kier molecular flexibility index (Phi) is 4.18. The van der Waals surface area contributed by atoms with Crippen molar-refractivity contribution in [3.05, 3.63) is 29.8 Å². The molecule has 0 atom stereocenters. The molecule has 0 unspecified atom stereocenters. The van der Waals surface area contributed by atoms with Crippen LogP contribution in [0.1, 0.15) is 44.9 Å². The minimum atomic E-state index is -0.0230. The average molecular weight is 300 g/mol. The topological polar surface area (TPSA) is 87.5 Å². The Balaban J connectivity index is 1.70. The van der Waals surface area contributed by atoms with E-state index < -0.39 is 0 Å². The third kappa shape index (κ3) is 3.16. The summed E-state index contributed by atoms with van der Waals surface area (Å²) in [5.41, 5.74) is 2.94. The van der Waals surface area contributed by atoms with Crippen LogP contribution in [0.2, 0.25) is 0 Å². The number of aliphatic hydroxyl groups excluding tert-OH is 1. The molecule has 0 radical (unpaired) electrons. The van der Waals surface area contributed by atoms with Gasteiger partial charge < -0.3 is 5.11 Å². The molecule has 3 rings (SSSR count). The smallest absolute Gasteiger partial charge is 0.243 e. The standard InChI is InChI=1S/C16H20N4O2/c21-13-9-16(5-2-1-3-6-16)10-14(22)12(13)11-19-20-15-17-7-4-8-18-15/h4,7-8,11,21H,1-3,5-6,9-10H2,(H,17,18,20). The first-order chi connectivity index (χ1) is 10.7. The van der Waals surface area contributed by atoms with Crippen LogP contribution in [-0.2, 0) is 4.79 Å². The minimum Gasteiger partial charge on any atom is -0.511 e. The number of anilines is 1. The molecule has 0 aromatic carbocycles. The Labute approximate surface area is 129 Å². The van der Waals surface area contributed by atoms with Crippen molar-refractivity contribution in [1.82, 2.24) is 9.97 Å². The molecule has 0 saturated heterocycles. The van der Waals surface area contributed by atoms with Crippen LogP contribution in [0.5, 0.6) is 0 Å². The summed E-state index contributed by atoms with van der Waals surface area (Å²) in [7, 11) is 0. The number of allylic oxidation sites excluding steroid dienone is 2. The Morgan fingerprint density at radius 2 is 1.91 bits per heavy atom. The molecule has 1 aromatic rings. The van der Waals surface area contributed by atoms with Crippen molar-refractivity contribution in [1.29, 1.82) is 0 Å². The Bertz CT molecular complexity index is 604. The molecule has 0 bridgehead atoms. The van der Waals surface area contributed by atoms with Crippen LogP contribution in [0.15, 0.2) is 34.9 Å². The zero-order chi connectivity index (χ0) is 15.4. The summed E-state index contributed by atoms with van der Waals surface area (Å²) in [4.78, 5) is 20.3. The summed E-state index contributed by atoms with van der Waals surface area (Å²) in [6, 6.07) is 1.71. The number of carbonyl (C=O) groups is 1. The zero-order valence-electron chi connectivity index (χ0n) is 12.5. The maximum absolute atomic E-state index is 12.4. The fourth-order valence-corrected chi connectivity index (χ4v) is 3.42. The number of hydrazone groups is 1. The van der Waals surface area contributed by atoms with Gasteiger partial charge in [0.1, 0.15) is 5.76 Å². The van der Waals surface area contributed by atoms with Gasteiger partial charge in [-0.3, -0.25) is 4.79 Å². The number of ketones is 1. The average Bonchev–Trinajstić information content (AvgIpc) is 2.52. The van der Waals surface area contributed by atoms with Gasteiger partial charge in [-0.15, -0.1) is 0 Å². The van der Waals surface area contributed by atoms with Crippen molar-refractivity contribution in [3.8, 4) is 0 Å². The van der Waals surface area contributed by atoms with Crippen LogP contribution in [0.25, 0.3) is 0 Å². The second-order valence-corrected chi connectivity index (χ2v) is 6.14. The van der Waals surface area contributed by atoms with Crippen LogP contribution in [-0.4, -0.2) is 27.1 Å². The Hall–Kier alpha value is -2.24.